The van der Waals surface area contributed by atoms with Crippen molar-refractivity contribution >= 4 is 29.2 Å². The van der Waals surface area contributed by atoms with Gasteiger partial charge in [-0.2, -0.15) is 0 Å². The Morgan fingerprint density at radius 3 is 1.96 bits per heavy atom. The quantitative estimate of drug-likeness (QED) is 0.724. The van der Waals surface area contributed by atoms with Gasteiger partial charge in [0.1, 0.15) is 11.5 Å². The minimum absolute atomic E-state index is 0.212. The zero-order chi connectivity index (χ0) is 19.8. The largest absolute Gasteiger partial charge is 0.497 e. The Balaban J connectivity index is 1.91. The summed E-state index contributed by atoms with van der Waals surface area (Å²) in [5, 5.41) is 5.20. The fourth-order valence-electron chi connectivity index (χ4n) is 2.18. The first-order valence-corrected chi connectivity index (χ1v) is 7.99. The van der Waals surface area contributed by atoms with E-state index >= 15 is 0 Å². The maximum atomic E-state index is 12.0. The lowest BCUT2D eigenvalue weighted by molar-refractivity contribution is -0.119. The van der Waals surface area contributed by atoms with Crippen LogP contribution in [0.5, 0.6) is 11.5 Å². The molecule has 0 saturated heterocycles. The molecule has 0 heterocycles. The van der Waals surface area contributed by atoms with Gasteiger partial charge in [0.2, 0.25) is 5.91 Å². The molecule has 2 rings (SSSR count). The highest BCUT2D eigenvalue weighted by atomic mass is 16.5. The van der Waals surface area contributed by atoms with Crippen LogP contribution in [0.3, 0.4) is 0 Å². The summed E-state index contributed by atoms with van der Waals surface area (Å²) >= 11 is 0. The number of methoxy groups -OCH3 is 2. The van der Waals surface area contributed by atoms with Gasteiger partial charge in [-0.1, -0.05) is 0 Å². The van der Waals surface area contributed by atoms with E-state index in [4.69, 9.17) is 14.2 Å². The lowest BCUT2D eigenvalue weighted by Gasteiger charge is -2.10. The van der Waals surface area contributed by atoms with Crippen LogP contribution in [0, 0.1) is 0 Å². The first kappa shape index (κ1) is 19.8. The summed E-state index contributed by atoms with van der Waals surface area (Å²) in [7, 11) is 3.00. The van der Waals surface area contributed by atoms with Crippen molar-refractivity contribution in [3.8, 4) is 11.5 Å². The second-order valence-corrected chi connectivity index (χ2v) is 5.48. The van der Waals surface area contributed by atoms with Crippen LogP contribution in [0.15, 0.2) is 42.5 Å². The number of esters is 1. The van der Waals surface area contributed by atoms with Crippen LogP contribution in [0.1, 0.15) is 17.3 Å². The Bertz CT molecular complexity index is 810. The molecule has 2 aromatic rings. The molecule has 0 fully saturated rings. The van der Waals surface area contributed by atoms with Crippen molar-refractivity contribution in [2.75, 3.05) is 31.5 Å². The van der Waals surface area contributed by atoms with Crippen LogP contribution < -0.4 is 20.1 Å². The molecule has 0 aliphatic rings. The predicted molar refractivity (Wildman–Crippen MR) is 99.2 cm³/mol. The van der Waals surface area contributed by atoms with Gasteiger partial charge in [-0.25, -0.2) is 4.79 Å². The monoisotopic (exact) mass is 372 g/mol. The second kappa shape index (κ2) is 9.23. The highest BCUT2D eigenvalue weighted by Gasteiger charge is 2.12. The number of hydrogen-bond donors (Lipinski definition) is 2. The number of rotatable bonds is 7. The van der Waals surface area contributed by atoms with Gasteiger partial charge in [0, 0.05) is 36.5 Å². The summed E-state index contributed by atoms with van der Waals surface area (Å²) in [5.74, 6) is -0.339. The maximum absolute atomic E-state index is 12.0. The first-order chi connectivity index (χ1) is 12.9. The lowest BCUT2D eigenvalue weighted by Crippen LogP contribution is -2.21. The Morgan fingerprint density at radius 2 is 1.44 bits per heavy atom. The molecule has 142 valence electrons. The molecule has 8 nitrogen and oxygen atoms in total. The van der Waals surface area contributed by atoms with Crippen molar-refractivity contribution in [1.29, 1.82) is 0 Å². The summed E-state index contributed by atoms with van der Waals surface area (Å²) in [4.78, 5) is 35.0. The van der Waals surface area contributed by atoms with E-state index in [-0.39, 0.29) is 11.5 Å². The Kier molecular flexibility index (Phi) is 6.76. The molecule has 0 aliphatic heterocycles. The van der Waals surface area contributed by atoms with Crippen molar-refractivity contribution < 1.29 is 28.6 Å². The van der Waals surface area contributed by atoms with Crippen LogP contribution in [-0.4, -0.2) is 38.6 Å². The molecule has 0 bridgehead atoms. The fourth-order valence-corrected chi connectivity index (χ4v) is 2.18. The average Bonchev–Trinajstić information content (AvgIpc) is 2.65. The van der Waals surface area contributed by atoms with E-state index in [1.54, 1.807) is 30.3 Å². The normalized spacial score (nSPS) is 9.89. The number of carbonyl (C=O) groups is 3. The highest BCUT2D eigenvalue weighted by Crippen LogP contribution is 2.25. The van der Waals surface area contributed by atoms with E-state index in [2.05, 4.69) is 10.6 Å². The van der Waals surface area contributed by atoms with Gasteiger partial charge in [0.15, 0.2) is 6.61 Å². The summed E-state index contributed by atoms with van der Waals surface area (Å²) in [6.45, 7) is 0.935. The third-order valence-electron chi connectivity index (χ3n) is 3.41. The number of anilines is 2. The van der Waals surface area contributed by atoms with Crippen molar-refractivity contribution in [3.63, 3.8) is 0 Å². The average molecular weight is 372 g/mol. The van der Waals surface area contributed by atoms with E-state index < -0.39 is 18.5 Å². The van der Waals surface area contributed by atoms with Crippen LogP contribution in [0.2, 0.25) is 0 Å². The molecule has 0 aromatic heterocycles. The molecule has 8 heteroatoms. The molecule has 27 heavy (non-hydrogen) atoms. The molecule has 0 radical (unpaired) electrons. The number of ether oxygens (including phenoxy) is 3. The van der Waals surface area contributed by atoms with Crippen molar-refractivity contribution in [2.24, 2.45) is 0 Å². The fraction of sp³-hybridized carbons (Fsp3) is 0.211. The second-order valence-electron chi connectivity index (χ2n) is 5.48. The minimum Gasteiger partial charge on any atom is -0.497 e. The topological polar surface area (TPSA) is 103 Å². The van der Waals surface area contributed by atoms with Gasteiger partial charge < -0.3 is 24.8 Å². The van der Waals surface area contributed by atoms with Gasteiger partial charge in [-0.3, -0.25) is 9.59 Å². The van der Waals surface area contributed by atoms with Crippen LogP contribution in [0.4, 0.5) is 11.4 Å². The number of amides is 2. The SMILES string of the molecule is COc1cc(NC(=O)COC(=O)c2ccc(NC(C)=O)cc2)cc(OC)c1. The molecular weight excluding hydrogens is 352 g/mol. The van der Waals surface area contributed by atoms with Crippen LogP contribution in [0.25, 0.3) is 0 Å². The third-order valence-corrected chi connectivity index (χ3v) is 3.41. The molecule has 0 unspecified atom stereocenters. The lowest BCUT2D eigenvalue weighted by atomic mass is 10.2. The summed E-state index contributed by atoms with van der Waals surface area (Å²) in [6.07, 6.45) is 0. The maximum Gasteiger partial charge on any atom is 0.338 e. The molecule has 0 atom stereocenters. The number of nitrogens with one attached hydrogen (secondary N) is 2. The Morgan fingerprint density at radius 1 is 0.852 bits per heavy atom. The summed E-state index contributed by atoms with van der Waals surface area (Å²) < 4.78 is 15.2. The molecule has 0 saturated carbocycles. The van der Waals surface area contributed by atoms with Gasteiger partial charge in [0.25, 0.3) is 5.91 Å². The van der Waals surface area contributed by atoms with E-state index in [1.165, 1.54) is 33.3 Å². The van der Waals surface area contributed by atoms with Gasteiger partial charge in [0.05, 0.1) is 19.8 Å². The van der Waals surface area contributed by atoms with Crippen LogP contribution in [-0.2, 0) is 14.3 Å². The highest BCUT2D eigenvalue weighted by molar-refractivity contribution is 5.96. The van der Waals surface area contributed by atoms with Crippen molar-refractivity contribution in [1.82, 2.24) is 0 Å². The zero-order valence-electron chi connectivity index (χ0n) is 15.2. The molecular formula is C19H20N2O6. The van der Waals surface area contributed by atoms with Crippen molar-refractivity contribution in [3.05, 3.63) is 48.0 Å². The minimum atomic E-state index is -0.650. The van der Waals surface area contributed by atoms with E-state index in [9.17, 15) is 14.4 Å². The smallest absolute Gasteiger partial charge is 0.338 e. The number of benzene rings is 2. The number of carbonyl (C=O) groups excluding carboxylic acids is 3. The number of hydrogen-bond acceptors (Lipinski definition) is 6. The third kappa shape index (κ3) is 6.03. The van der Waals surface area contributed by atoms with Gasteiger partial charge in [-0.15, -0.1) is 0 Å². The summed E-state index contributed by atoms with van der Waals surface area (Å²) in [6, 6.07) is 11.0. The van der Waals surface area contributed by atoms with E-state index in [0.717, 1.165) is 0 Å². The zero-order valence-corrected chi connectivity index (χ0v) is 15.2. The predicted octanol–water partition coefficient (Wildman–Crippen LogP) is 2.46. The van der Waals surface area contributed by atoms with Crippen molar-refractivity contribution in [2.45, 2.75) is 6.92 Å². The Hall–Kier alpha value is -3.55. The molecule has 0 aliphatic carbocycles. The Labute approximate surface area is 156 Å². The molecule has 2 amide bonds. The van der Waals surface area contributed by atoms with Crippen LogP contribution >= 0.6 is 0 Å². The molecule has 0 spiro atoms. The van der Waals surface area contributed by atoms with E-state index in [1.807, 2.05) is 0 Å². The van der Waals surface area contributed by atoms with Gasteiger partial charge >= 0.3 is 5.97 Å². The standard InChI is InChI=1S/C19H20N2O6/c1-12(22)20-14-6-4-13(5-7-14)19(24)27-11-18(23)21-15-8-16(25-2)10-17(9-15)26-3/h4-10H,11H2,1-3H3,(H,20,22)(H,21,23). The van der Waals surface area contributed by atoms with Gasteiger partial charge in [-0.05, 0) is 24.3 Å². The molecule has 2 aromatic carbocycles. The molecule has 2 N–H and O–H groups in total. The first-order valence-electron chi connectivity index (χ1n) is 7.99. The van der Waals surface area contributed by atoms with E-state index in [0.29, 0.717) is 22.9 Å². The summed E-state index contributed by atoms with van der Waals surface area (Å²) in [5.41, 5.74) is 1.27.